The van der Waals surface area contributed by atoms with Crippen LogP contribution in [0.1, 0.15) is 30.9 Å². The fourth-order valence-electron chi connectivity index (χ4n) is 4.41. The summed E-state index contributed by atoms with van der Waals surface area (Å²) in [6, 6.07) is 23.7. The van der Waals surface area contributed by atoms with Gasteiger partial charge in [-0.2, -0.15) is 0 Å². The number of likely N-dealkylation sites (tertiary alicyclic amines) is 1. The smallest absolute Gasteiger partial charge is 0.213 e. The molecule has 0 aliphatic carbocycles. The Morgan fingerprint density at radius 2 is 1.62 bits per heavy atom. The lowest BCUT2D eigenvalue weighted by Crippen LogP contribution is -2.47. The van der Waals surface area contributed by atoms with Crippen molar-refractivity contribution >= 4 is 23.0 Å². The summed E-state index contributed by atoms with van der Waals surface area (Å²) >= 11 is 5.65. The van der Waals surface area contributed by atoms with E-state index in [9.17, 15) is 5.11 Å². The van der Waals surface area contributed by atoms with Crippen LogP contribution in [0.4, 0.5) is 5.69 Å². The number of rotatable bonds is 6. The lowest BCUT2D eigenvalue weighted by molar-refractivity contribution is -0.00631. The first-order valence-electron chi connectivity index (χ1n) is 11.1. The van der Waals surface area contributed by atoms with E-state index in [1.54, 1.807) is 6.20 Å². The van der Waals surface area contributed by atoms with Crippen molar-refractivity contribution in [3.05, 3.63) is 90.1 Å². The highest BCUT2D eigenvalue weighted by Crippen LogP contribution is 2.41. The Balaban J connectivity index is 1.44. The van der Waals surface area contributed by atoms with E-state index < -0.39 is 5.60 Å². The first-order valence-corrected chi connectivity index (χ1v) is 11.5. The van der Waals surface area contributed by atoms with Crippen LogP contribution in [0.2, 0.25) is 0 Å². The zero-order chi connectivity index (χ0) is 22.4. The minimum Gasteiger partial charge on any atom is -0.478 e. The lowest BCUT2D eigenvalue weighted by atomic mass is 9.72. The molecule has 32 heavy (non-hydrogen) atoms. The third-order valence-electron chi connectivity index (χ3n) is 6.08. The van der Waals surface area contributed by atoms with E-state index >= 15 is 0 Å². The summed E-state index contributed by atoms with van der Waals surface area (Å²) < 4.78 is 5.39. The number of benzene rings is 2. The van der Waals surface area contributed by atoms with E-state index in [1.807, 2.05) is 79.7 Å². The van der Waals surface area contributed by atoms with E-state index in [1.165, 1.54) is 0 Å². The van der Waals surface area contributed by atoms with Crippen molar-refractivity contribution < 1.29 is 9.84 Å². The second-order valence-electron chi connectivity index (χ2n) is 8.01. The molecular formula is C26H29N3O2S. The molecule has 2 heterocycles. The molecule has 6 heteroatoms. The van der Waals surface area contributed by atoms with Crippen LogP contribution in [0.25, 0.3) is 0 Å². The van der Waals surface area contributed by atoms with Gasteiger partial charge >= 0.3 is 0 Å². The molecule has 2 N–H and O–H groups in total. The molecule has 4 rings (SSSR count). The quantitative estimate of drug-likeness (QED) is 0.528. The van der Waals surface area contributed by atoms with E-state index in [4.69, 9.17) is 17.0 Å². The largest absolute Gasteiger partial charge is 0.478 e. The Morgan fingerprint density at radius 1 is 1.03 bits per heavy atom. The molecule has 1 aliphatic rings. The molecular weight excluding hydrogens is 418 g/mol. The van der Waals surface area contributed by atoms with Crippen LogP contribution in [0.5, 0.6) is 5.88 Å². The van der Waals surface area contributed by atoms with Crippen molar-refractivity contribution in [2.45, 2.75) is 25.4 Å². The van der Waals surface area contributed by atoms with Crippen LogP contribution >= 0.6 is 12.2 Å². The van der Waals surface area contributed by atoms with E-state index in [2.05, 4.69) is 15.2 Å². The number of hydrogen-bond donors (Lipinski definition) is 2. The Hall–Kier alpha value is -2.96. The molecule has 0 radical (unpaired) electrons. The molecule has 0 unspecified atom stereocenters. The summed E-state index contributed by atoms with van der Waals surface area (Å²) in [5, 5.41) is 16.0. The third kappa shape index (κ3) is 4.76. The molecule has 1 aromatic heterocycles. The number of thiocarbonyl (C=S) groups is 1. The number of nitrogens with zero attached hydrogens (tertiary/aromatic N) is 2. The van der Waals surface area contributed by atoms with Gasteiger partial charge in [0, 0.05) is 19.2 Å². The predicted molar refractivity (Wildman–Crippen MR) is 132 cm³/mol. The molecule has 1 aliphatic heterocycles. The normalized spacial score (nSPS) is 14.8. The highest BCUT2D eigenvalue weighted by molar-refractivity contribution is 7.80. The maximum Gasteiger partial charge on any atom is 0.213 e. The summed E-state index contributed by atoms with van der Waals surface area (Å²) in [7, 11) is 0. The maximum atomic E-state index is 12.0. The molecule has 1 fully saturated rings. The van der Waals surface area contributed by atoms with Gasteiger partial charge in [-0.1, -0.05) is 60.7 Å². The molecule has 166 valence electrons. The van der Waals surface area contributed by atoms with Crippen molar-refractivity contribution in [1.29, 1.82) is 0 Å². The zero-order valence-electron chi connectivity index (χ0n) is 18.3. The van der Waals surface area contributed by atoms with Gasteiger partial charge in [0.1, 0.15) is 5.60 Å². The van der Waals surface area contributed by atoms with Gasteiger partial charge in [0.05, 0.1) is 18.5 Å². The Morgan fingerprint density at radius 3 is 2.12 bits per heavy atom. The van der Waals surface area contributed by atoms with Crippen LogP contribution in [-0.4, -0.2) is 39.8 Å². The van der Waals surface area contributed by atoms with Crippen LogP contribution in [0.3, 0.4) is 0 Å². The number of aliphatic hydroxyl groups is 1. The Kier molecular flexibility index (Phi) is 7.02. The third-order valence-corrected chi connectivity index (χ3v) is 6.44. The second-order valence-corrected chi connectivity index (χ2v) is 8.39. The summed E-state index contributed by atoms with van der Waals surface area (Å²) in [5.74, 6) is 0.699. The molecule has 5 nitrogen and oxygen atoms in total. The van der Waals surface area contributed by atoms with Crippen LogP contribution in [0.15, 0.2) is 79.0 Å². The summed E-state index contributed by atoms with van der Waals surface area (Å²) in [5.41, 5.74) is 1.69. The SMILES string of the molecule is CCOc1ccc(NC(=S)N2CCC(C(O)(c3ccccc3)c3ccccc3)CC2)cn1. The molecule has 2 aromatic carbocycles. The maximum absolute atomic E-state index is 12.0. The van der Waals surface area contributed by atoms with Crippen LogP contribution < -0.4 is 10.1 Å². The van der Waals surface area contributed by atoms with Crippen molar-refractivity contribution in [2.75, 3.05) is 25.0 Å². The predicted octanol–water partition coefficient (Wildman–Crippen LogP) is 4.83. The van der Waals surface area contributed by atoms with Crippen molar-refractivity contribution in [3.8, 4) is 5.88 Å². The topological polar surface area (TPSA) is 57.6 Å². The van der Waals surface area contributed by atoms with Gasteiger partial charge in [-0.3, -0.25) is 0 Å². The van der Waals surface area contributed by atoms with Gasteiger partial charge in [0.2, 0.25) is 5.88 Å². The second kappa shape index (κ2) is 10.1. The minimum absolute atomic E-state index is 0.0958. The number of nitrogens with one attached hydrogen (secondary N) is 1. The number of piperidine rings is 1. The first kappa shape index (κ1) is 22.2. The van der Waals surface area contributed by atoms with Gasteiger partial charge in [-0.25, -0.2) is 4.98 Å². The Labute approximate surface area is 195 Å². The fraction of sp³-hybridized carbons (Fsp3) is 0.308. The zero-order valence-corrected chi connectivity index (χ0v) is 19.1. The molecule has 0 amide bonds. The summed E-state index contributed by atoms with van der Waals surface area (Å²) in [6.07, 6.45) is 3.40. The molecule has 3 aromatic rings. The average Bonchev–Trinajstić information content (AvgIpc) is 2.86. The van der Waals surface area contributed by atoms with Crippen LogP contribution in [-0.2, 0) is 5.60 Å². The highest BCUT2D eigenvalue weighted by atomic mass is 32.1. The van der Waals surface area contributed by atoms with Crippen LogP contribution in [0, 0.1) is 5.92 Å². The van der Waals surface area contributed by atoms with Gasteiger partial charge < -0.3 is 20.1 Å². The van der Waals surface area contributed by atoms with Crippen molar-refractivity contribution in [3.63, 3.8) is 0 Å². The van der Waals surface area contributed by atoms with Gasteiger partial charge in [-0.05, 0) is 55.1 Å². The number of hydrogen-bond acceptors (Lipinski definition) is 4. The molecule has 0 saturated carbocycles. The molecule has 0 spiro atoms. The van der Waals surface area contributed by atoms with Gasteiger partial charge in [0.25, 0.3) is 0 Å². The number of ether oxygens (including phenoxy) is 1. The molecule has 1 saturated heterocycles. The monoisotopic (exact) mass is 447 g/mol. The summed E-state index contributed by atoms with van der Waals surface area (Å²) in [4.78, 5) is 6.45. The van der Waals surface area contributed by atoms with Gasteiger partial charge in [0.15, 0.2) is 5.11 Å². The standard InChI is InChI=1S/C26H29N3O2S/c1-2-31-24-14-13-23(19-27-24)28-25(32)29-17-15-22(16-18-29)26(30,20-9-5-3-6-10-20)21-11-7-4-8-12-21/h3-14,19,22,30H,2,15-18H2,1H3,(H,28,32). The minimum atomic E-state index is -1.03. The van der Waals surface area contributed by atoms with Crippen molar-refractivity contribution in [1.82, 2.24) is 9.88 Å². The fourth-order valence-corrected chi connectivity index (χ4v) is 4.71. The first-order chi connectivity index (χ1) is 15.6. The number of anilines is 1. The van der Waals surface area contributed by atoms with E-state index in [0.29, 0.717) is 17.6 Å². The van der Waals surface area contributed by atoms with Gasteiger partial charge in [-0.15, -0.1) is 0 Å². The van der Waals surface area contributed by atoms with E-state index in [0.717, 1.165) is 42.7 Å². The lowest BCUT2D eigenvalue weighted by Gasteiger charge is -2.43. The number of pyridine rings is 1. The molecule has 0 bridgehead atoms. The van der Waals surface area contributed by atoms with Crippen molar-refractivity contribution in [2.24, 2.45) is 5.92 Å². The molecule has 0 atom stereocenters. The average molecular weight is 448 g/mol. The Bertz CT molecular complexity index is 965. The number of aromatic nitrogens is 1. The highest BCUT2D eigenvalue weighted by Gasteiger charge is 2.41. The summed E-state index contributed by atoms with van der Waals surface area (Å²) in [6.45, 7) is 4.08. The van der Waals surface area contributed by atoms with E-state index in [-0.39, 0.29) is 5.92 Å².